The number of alkyl halides is 3. The lowest BCUT2D eigenvalue weighted by Crippen LogP contribution is -2.35. The van der Waals surface area contributed by atoms with Gasteiger partial charge in [0.05, 0.1) is 5.56 Å². The fourth-order valence-corrected chi connectivity index (χ4v) is 3.85. The first-order chi connectivity index (χ1) is 16.6. The lowest BCUT2D eigenvalue weighted by atomic mass is 9.93. The Morgan fingerprint density at radius 2 is 1.89 bits per heavy atom. The molecule has 0 fully saturated rings. The van der Waals surface area contributed by atoms with Crippen LogP contribution in [0.2, 0.25) is 0 Å². The molecule has 10 heteroatoms. The number of aromatic nitrogens is 2. The number of likely N-dealkylation sites (N-methyl/N-ethyl adjacent to an activating group) is 1. The average Bonchev–Trinajstić information content (AvgIpc) is 3.23. The van der Waals surface area contributed by atoms with Crippen LogP contribution in [0.1, 0.15) is 30.5 Å². The van der Waals surface area contributed by atoms with Crippen LogP contribution in [0.5, 0.6) is 0 Å². The first-order valence-electron chi connectivity index (χ1n) is 10.9. The summed E-state index contributed by atoms with van der Waals surface area (Å²) < 4.78 is 45.2. The Labute approximate surface area is 200 Å². The molecule has 182 valence electrons. The number of carbonyl (C=O) groups is 1. The van der Waals surface area contributed by atoms with Crippen molar-refractivity contribution in [2.24, 2.45) is 0 Å². The maximum atomic E-state index is 12.8. The molecule has 0 atom stereocenters. The quantitative estimate of drug-likeness (QED) is 0.483. The first-order valence-corrected chi connectivity index (χ1v) is 10.9. The molecule has 35 heavy (non-hydrogen) atoms. The summed E-state index contributed by atoms with van der Waals surface area (Å²) in [6.07, 6.45) is -0.796. The van der Waals surface area contributed by atoms with Gasteiger partial charge in [-0.15, -0.1) is 0 Å². The van der Waals surface area contributed by atoms with Crippen molar-refractivity contribution in [3.8, 4) is 0 Å². The van der Waals surface area contributed by atoms with E-state index < -0.39 is 17.8 Å². The van der Waals surface area contributed by atoms with Crippen LogP contribution < -0.4 is 15.3 Å². The van der Waals surface area contributed by atoms with E-state index in [1.54, 1.807) is 0 Å². The molecule has 1 aliphatic rings. The summed E-state index contributed by atoms with van der Waals surface area (Å²) in [5, 5.41) is 8.66. The van der Waals surface area contributed by atoms with E-state index in [2.05, 4.69) is 59.9 Å². The number of halogens is 3. The lowest BCUT2D eigenvalue weighted by Gasteiger charge is -2.27. The third-order valence-corrected chi connectivity index (χ3v) is 5.78. The van der Waals surface area contributed by atoms with Crippen molar-refractivity contribution in [2.45, 2.75) is 26.6 Å². The Morgan fingerprint density at radius 3 is 2.60 bits per heavy atom. The highest BCUT2D eigenvalue weighted by Gasteiger charge is 2.30. The average molecular weight is 485 g/mol. The Balaban J connectivity index is 1.38. The molecular weight excluding hydrogens is 459 g/mol. The summed E-state index contributed by atoms with van der Waals surface area (Å²) in [4.78, 5) is 14.4. The zero-order valence-corrected chi connectivity index (χ0v) is 19.5. The van der Waals surface area contributed by atoms with Crippen LogP contribution in [0.3, 0.4) is 0 Å². The van der Waals surface area contributed by atoms with E-state index >= 15 is 0 Å². The van der Waals surface area contributed by atoms with Gasteiger partial charge in [0.1, 0.15) is 0 Å². The highest BCUT2D eigenvalue weighted by molar-refractivity contribution is 5.98. The Morgan fingerprint density at radius 1 is 1.14 bits per heavy atom. The van der Waals surface area contributed by atoms with E-state index in [4.69, 9.17) is 4.52 Å². The Hall–Kier alpha value is -4.08. The zero-order chi connectivity index (χ0) is 25.2. The van der Waals surface area contributed by atoms with Crippen molar-refractivity contribution in [1.29, 1.82) is 0 Å². The number of nitrogens with zero attached hydrogens (tertiary/aromatic N) is 3. The highest BCUT2D eigenvalue weighted by Crippen LogP contribution is 2.31. The van der Waals surface area contributed by atoms with Crippen molar-refractivity contribution < 1.29 is 27.2 Å². The maximum absolute atomic E-state index is 12.8. The number of rotatable bonds is 5. The van der Waals surface area contributed by atoms with Crippen LogP contribution >= 0.6 is 0 Å². The number of benzene rings is 2. The second-order valence-corrected chi connectivity index (χ2v) is 8.35. The highest BCUT2D eigenvalue weighted by atomic mass is 19.4. The maximum Gasteiger partial charge on any atom is 0.416 e. The van der Waals surface area contributed by atoms with Gasteiger partial charge in [-0.25, -0.2) is 4.79 Å². The van der Waals surface area contributed by atoms with E-state index in [0.29, 0.717) is 6.54 Å². The van der Waals surface area contributed by atoms with Gasteiger partial charge in [0.15, 0.2) is 0 Å². The van der Waals surface area contributed by atoms with Crippen LogP contribution in [-0.2, 0) is 12.7 Å². The van der Waals surface area contributed by atoms with Crippen LogP contribution in [0, 0.1) is 0 Å². The van der Waals surface area contributed by atoms with Crippen LogP contribution in [0.4, 0.5) is 29.5 Å². The smallest absolute Gasteiger partial charge is 0.374 e. The second-order valence-electron chi connectivity index (χ2n) is 8.35. The van der Waals surface area contributed by atoms with Gasteiger partial charge < -0.3 is 10.2 Å². The SMILES string of the molecule is CC1=CCN(C)C(C)=C1c1ccc(C[n+]2cc(NC(=O)Nc3cccc(C(F)(F)F)c3)on2)cc1. The fourth-order valence-electron chi connectivity index (χ4n) is 3.85. The minimum Gasteiger partial charge on any atom is -0.374 e. The van der Waals surface area contributed by atoms with Gasteiger partial charge in [0.25, 0.3) is 6.20 Å². The summed E-state index contributed by atoms with van der Waals surface area (Å²) in [5.41, 5.74) is 4.96. The van der Waals surface area contributed by atoms with Gasteiger partial charge in [-0.3, -0.25) is 9.84 Å². The zero-order valence-electron chi connectivity index (χ0n) is 19.5. The number of anilines is 2. The summed E-state index contributed by atoms with van der Waals surface area (Å²) in [5.74, 6) is 0.0536. The number of hydrogen-bond acceptors (Lipinski definition) is 4. The van der Waals surface area contributed by atoms with Crippen molar-refractivity contribution in [3.63, 3.8) is 0 Å². The molecule has 0 saturated heterocycles. The van der Waals surface area contributed by atoms with Gasteiger partial charge in [-0.2, -0.15) is 13.2 Å². The van der Waals surface area contributed by atoms with E-state index in [-0.39, 0.29) is 11.6 Å². The Kier molecular flexibility index (Phi) is 6.63. The molecule has 0 radical (unpaired) electrons. The number of nitrogens with one attached hydrogen (secondary N) is 2. The number of amides is 2. The molecule has 0 spiro atoms. The number of carbonyl (C=O) groups excluding carboxylic acids is 1. The molecule has 0 unspecified atom stereocenters. The number of hydrogen-bond donors (Lipinski definition) is 2. The molecule has 0 aliphatic carbocycles. The molecule has 2 amide bonds. The number of urea groups is 1. The summed E-state index contributed by atoms with van der Waals surface area (Å²) in [7, 11) is 2.07. The summed E-state index contributed by atoms with van der Waals surface area (Å²) in [6, 6.07) is 11.7. The molecule has 2 N–H and O–H groups in total. The molecule has 1 aromatic heterocycles. The summed E-state index contributed by atoms with van der Waals surface area (Å²) in [6.45, 7) is 5.54. The van der Waals surface area contributed by atoms with Crippen LogP contribution in [0.25, 0.3) is 5.57 Å². The lowest BCUT2D eigenvalue weighted by molar-refractivity contribution is -0.754. The van der Waals surface area contributed by atoms with Crippen LogP contribution in [-0.4, -0.2) is 29.8 Å². The van der Waals surface area contributed by atoms with Gasteiger partial charge >= 0.3 is 18.1 Å². The largest absolute Gasteiger partial charge is 0.416 e. The fraction of sp³-hybridized carbons (Fsp3) is 0.240. The molecule has 0 bridgehead atoms. The molecular formula is C25H25F3N5O2+. The van der Waals surface area contributed by atoms with Crippen LogP contribution in [0.15, 0.2) is 76.6 Å². The van der Waals surface area contributed by atoms with Crippen molar-refractivity contribution in [3.05, 3.63) is 88.8 Å². The first kappa shape index (κ1) is 24.1. The minimum absolute atomic E-state index is 0.00407. The molecule has 3 aromatic rings. The third kappa shape index (κ3) is 5.71. The standard InChI is InChI=1S/C25H24F3N5O2/c1-16-11-12-32(3)17(2)23(16)19-9-7-18(8-10-19)14-33-15-22(35-31-33)30-24(34)29-21-6-4-5-20(13-21)25(26,27)28/h4-11,13,15H,12,14H2,1-3H3,(H-,29,30,31,34)/p+1. The minimum atomic E-state index is -4.50. The van der Waals surface area contributed by atoms with E-state index in [0.717, 1.165) is 29.8 Å². The van der Waals surface area contributed by atoms with E-state index in [1.807, 2.05) is 12.1 Å². The van der Waals surface area contributed by atoms with Crippen molar-refractivity contribution in [1.82, 2.24) is 10.2 Å². The molecule has 1 aliphatic heterocycles. The van der Waals surface area contributed by atoms with Gasteiger partial charge in [-0.05, 0) is 47.9 Å². The predicted octanol–water partition coefficient (Wildman–Crippen LogP) is 5.30. The third-order valence-electron chi connectivity index (χ3n) is 5.78. The monoisotopic (exact) mass is 484 g/mol. The molecule has 2 aromatic carbocycles. The van der Waals surface area contributed by atoms with Gasteiger partial charge in [0, 0.05) is 36.1 Å². The molecule has 2 heterocycles. The van der Waals surface area contributed by atoms with Gasteiger partial charge in [-0.1, -0.05) is 36.4 Å². The van der Waals surface area contributed by atoms with Crippen molar-refractivity contribution in [2.75, 3.05) is 24.2 Å². The van der Waals surface area contributed by atoms with Gasteiger partial charge in [0.2, 0.25) is 11.8 Å². The molecule has 4 rings (SSSR count). The molecule has 0 saturated carbocycles. The predicted molar refractivity (Wildman–Crippen MR) is 125 cm³/mol. The molecule has 7 nitrogen and oxygen atoms in total. The van der Waals surface area contributed by atoms with E-state index in [1.165, 1.54) is 39.9 Å². The van der Waals surface area contributed by atoms with E-state index in [9.17, 15) is 18.0 Å². The second kappa shape index (κ2) is 9.65. The Bertz CT molecular complexity index is 1290. The van der Waals surface area contributed by atoms with Crippen molar-refractivity contribution >= 4 is 23.2 Å². The number of allylic oxidation sites excluding steroid dienone is 3. The topological polar surface area (TPSA) is 74.3 Å². The summed E-state index contributed by atoms with van der Waals surface area (Å²) >= 11 is 0. The normalized spacial score (nSPS) is 14.1.